The molecule has 4 nitrogen and oxygen atoms in total. The van der Waals surface area contributed by atoms with Crippen LogP contribution in [-0.2, 0) is 4.79 Å². The van der Waals surface area contributed by atoms with Gasteiger partial charge in [-0.1, -0.05) is 29.8 Å². The van der Waals surface area contributed by atoms with Crippen molar-refractivity contribution in [3.63, 3.8) is 0 Å². The smallest absolute Gasteiger partial charge is 0.260 e. The molecule has 0 saturated carbocycles. The van der Waals surface area contributed by atoms with Crippen molar-refractivity contribution in [2.24, 2.45) is 0 Å². The van der Waals surface area contributed by atoms with Gasteiger partial charge in [0, 0.05) is 17.6 Å². The second kappa shape index (κ2) is 8.40. The first kappa shape index (κ1) is 18.6. The Morgan fingerprint density at radius 1 is 1.25 bits per heavy atom. The van der Waals surface area contributed by atoms with Crippen molar-refractivity contribution in [3.05, 3.63) is 57.5 Å². The van der Waals surface area contributed by atoms with Gasteiger partial charge in [-0.15, -0.1) is 0 Å². The summed E-state index contributed by atoms with van der Waals surface area (Å²) in [5, 5.41) is 0.600. The molecule has 128 valence electrons. The molecule has 6 heteroatoms. The molecule has 0 radical (unpaired) electrons. The lowest BCUT2D eigenvalue weighted by atomic mass is 10.1. The maximum absolute atomic E-state index is 12.4. The highest BCUT2D eigenvalue weighted by atomic mass is 79.9. The van der Waals surface area contributed by atoms with Gasteiger partial charge in [0.1, 0.15) is 11.5 Å². The Bertz CT molecular complexity index is 723. The van der Waals surface area contributed by atoms with Crippen molar-refractivity contribution in [2.75, 3.05) is 20.8 Å². The maximum Gasteiger partial charge on any atom is 0.260 e. The number of rotatable bonds is 6. The SMILES string of the molecule is COc1ccccc1C(C)N(C)C(=O)COc1ccc(Cl)cc1Br. The summed E-state index contributed by atoms with van der Waals surface area (Å²) >= 11 is 9.26. The molecule has 0 aromatic heterocycles. The van der Waals surface area contributed by atoms with Crippen LogP contribution < -0.4 is 9.47 Å². The molecule has 2 aromatic carbocycles. The number of nitrogens with zero attached hydrogens (tertiary/aromatic N) is 1. The van der Waals surface area contributed by atoms with Crippen molar-refractivity contribution >= 4 is 33.4 Å². The molecular formula is C18H19BrClNO3. The lowest BCUT2D eigenvalue weighted by molar-refractivity contribution is -0.134. The number of hydrogen-bond acceptors (Lipinski definition) is 3. The number of methoxy groups -OCH3 is 1. The van der Waals surface area contributed by atoms with Gasteiger partial charge < -0.3 is 14.4 Å². The van der Waals surface area contributed by atoms with Gasteiger partial charge in [-0.25, -0.2) is 0 Å². The molecule has 2 aromatic rings. The van der Waals surface area contributed by atoms with E-state index in [0.29, 0.717) is 15.2 Å². The van der Waals surface area contributed by atoms with Crippen LogP contribution in [0, 0.1) is 0 Å². The van der Waals surface area contributed by atoms with E-state index >= 15 is 0 Å². The molecule has 0 heterocycles. The normalized spacial score (nSPS) is 11.7. The van der Waals surface area contributed by atoms with Crippen LogP contribution in [0.1, 0.15) is 18.5 Å². The highest BCUT2D eigenvalue weighted by Gasteiger charge is 2.20. The van der Waals surface area contributed by atoms with Gasteiger partial charge in [-0.05, 0) is 47.1 Å². The average Bonchev–Trinajstić information content (AvgIpc) is 2.59. The highest BCUT2D eigenvalue weighted by molar-refractivity contribution is 9.10. The number of amides is 1. The Kier molecular flexibility index (Phi) is 6.52. The van der Waals surface area contributed by atoms with Crippen molar-refractivity contribution in [2.45, 2.75) is 13.0 Å². The number of carbonyl (C=O) groups is 1. The Morgan fingerprint density at radius 2 is 1.96 bits per heavy atom. The summed E-state index contributed by atoms with van der Waals surface area (Å²) in [4.78, 5) is 14.1. The van der Waals surface area contributed by atoms with E-state index in [-0.39, 0.29) is 18.6 Å². The van der Waals surface area contributed by atoms with Gasteiger partial charge in [0.2, 0.25) is 0 Å². The summed E-state index contributed by atoms with van der Waals surface area (Å²) in [7, 11) is 3.37. The quantitative estimate of drug-likeness (QED) is 0.690. The fraction of sp³-hybridized carbons (Fsp3) is 0.278. The third-order valence-electron chi connectivity index (χ3n) is 3.81. The van der Waals surface area contributed by atoms with Crippen LogP contribution in [0.25, 0.3) is 0 Å². The minimum Gasteiger partial charge on any atom is -0.496 e. The number of benzene rings is 2. The first-order valence-electron chi connectivity index (χ1n) is 7.40. The van der Waals surface area contributed by atoms with Gasteiger partial charge in [-0.2, -0.15) is 0 Å². The van der Waals surface area contributed by atoms with E-state index in [0.717, 1.165) is 11.3 Å². The zero-order valence-corrected chi connectivity index (χ0v) is 16.1. The van der Waals surface area contributed by atoms with Crippen molar-refractivity contribution in [1.29, 1.82) is 0 Å². The minimum absolute atomic E-state index is 0.0593. The predicted octanol–water partition coefficient (Wildman–Crippen LogP) is 4.71. The second-order valence-electron chi connectivity index (χ2n) is 5.29. The van der Waals surface area contributed by atoms with E-state index in [2.05, 4.69) is 15.9 Å². The number of halogens is 2. The third-order valence-corrected chi connectivity index (χ3v) is 4.66. The highest BCUT2D eigenvalue weighted by Crippen LogP contribution is 2.29. The van der Waals surface area contributed by atoms with Crippen LogP contribution in [0.3, 0.4) is 0 Å². The Balaban J connectivity index is 2.03. The Hall–Kier alpha value is -1.72. The zero-order chi connectivity index (χ0) is 17.7. The van der Waals surface area contributed by atoms with Gasteiger partial charge in [0.05, 0.1) is 17.6 Å². The Morgan fingerprint density at radius 3 is 2.62 bits per heavy atom. The molecule has 1 atom stereocenters. The standard InChI is InChI=1S/C18H19BrClNO3/c1-12(14-6-4-5-7-16(14)23-3)21(2)18(22)11-24-17-9-8-13(20)10-15(17)19/h4-10,12H,11H2,1-3H3. The zero-order valence-electron chi connectivity index (χ0n) is 13.8. The molecule has 24 heavy (non-hydrogen) atoms. The maximum atomic E-state index is 12.4. The van der Waals surface area contributed by atoms with E-state index in [1.54, 1.807) is 37.3 Å². The largest absolute Gasteiger partial charge is 0.496 e. The number of ether oxygens (including phenoxy) is 2. The van der Waals surface area contributed by atoms with Crippen LogP contribution in [0.4, 0.5) is 0 Å². The lowest BCUT2D eigenvalue weighted by Crippen LogP contribution is -2.33. The summed E-state index contributed by atoms with van der Waals surface area (Å²) < 4.78 is 11.7. The molecule has 0 spiro atoms. The van der Waals surface area contributed by atoms with Crippen molar-refractivity contribution < 1.29 is 14.3 Å². The molecule has 0 aliphatic heterocycles. The molecule has 0 N–H and O–H groups in total. The number of hydrogen-bond donors (Lipinski definition) is 0. The molecule has 0 fully saturated rings. The van der Waals surface area contributed by atoms with Crippen molar-refractivity contribution in [3.8, 4) is 11.5 Å². The minimum atomic E-state index is -0.133. The molecule has 0 bridgehead atoms. The van der Waals surface area contributed by atoms with Crippen LogP contribution in [0.5, 0.6) is 11.5 Å². The lowest BCUT2D eigenvalue weighted by Gasteiger charge is -2.26. The average molecular weight is 413 g/mol. The van der Waals surface area contributed by atoms with E-state index < -0.39 is 0 Å². The second-order valence-corrected chi connectivity index (χ2v) is 6.58. The van der Waals surface area contributed by atoms with E-state index in [1.165, 1.54) is 0 Å². The van der Waals surface area contributed by atoms with Crippen LogP contribution in [-0.4, -0.2) is 31.6 Å². The third kappa shape index (κ3) is 4.42. The van der Waals surface area contributed by atoms with E-state index in [1.807, 2.05) is 31.2 Å². The molecule has 1 amide bonds. The van der Waals surface area contributed by atoms with Gasteiger partial charge >= 0.3 is 0 Å². The first-order valence-corrected chi connectivity index (χ1v) is 8.57. The van der Waals surface area contributed by atoms with E-state index in [4.69, 9.17) is 21.1 Å². The first-order chi connectivity index (χ1) is 11.4. The number of likely N-dealkylation sites (N-methyl/N-ethyl adjacent to an activating group) is 1. The predicted molar refractivity (Wildman–Crippen MR) is 98.8 cm³/mol. The van der Waals surface area contributed by atoms with Gasteiger partial charge in [0.15, 0.2) is 6.61 Å². The van der Waals surface area contributed by atoms with Crippen molar-refractivity contribution in [1.82, 2.24) is 4.90 Å². The van der Waals surface area contributed by atoms with Gasteiger partial charge in [0.25, 0.3) is 5.91 Å². The molecule has 0 aliphatic rings. The molecule has 2 rings (SSSR count). The topological polar surface area (TPSA) is 38.8 Å². The summed E-state index contributed by atoms with van der Waals surface area (Å²) in [6.45, 7) is 1.89. The van der Waals surface area contributed by atoms with Crippen LogP contribution in [0.15, 0.2) is 46.9 Å². The fourth-order valence-electron chi connectivity index (χ4n) is 2.27. The molecule has 1 unspecified atom stereocenters. The number of carbonyl (C=O) groups excluding carboxylic acids is 1. The molecule has 0 saturated heterocycles. The van der Waals surface area contributed by atoms with Gasteiger partial charge in [-0.3, -0.25) is 4.79 Å². The summed E-state index contributed by atoms with van der Waals surface area (Å²) in [5.41, 5.74) is 0.948. The molecular weight excluding hydrogens is 394 g/mol. The monoisotopic (exact) mass is 411 g/mol. The fourth-order valence-corrected chi connectivity index (χ4v) is 3.07. The van der Waals surface area contributed by atoms with Crippen LogP contribution >= 0.6 is 27.5 Å². The summed E-state index contributed by atoms with van der Waals surface area (Å²) in [5.74, 6) is 1.20. The summed E-state index contributed by atoms with van der Waals surface area (Å²) in [6, 6.07) is 12.7. The van der Waals surface area contributed by atoms with E-state index in [9.17, 15) is 4.79 Å². The molecule has 0 aliphatic carbocycles. The van der Waals surface area contributed by atoms with Crippen LogP contribution in [0.2, 0.25) is 5.02 Å². The summed E-state index contributed by atoms with van der Waals surface area (Å²) in [6.07, 6.45) is 0. The Labute approximate surface area is 155 Å². The number of para-hydroxylation sites is 1.